The molecule has 7 heteroatoms. The Balaban J connectivity index is 2.47. The van der Waals surface area contributed by atoms with Gasteiger partial charge in [0.15, 0.2) is 11.2 Å². The summed E-state index contributed by atoms with van der Waals surface area (Å²) in [6.07, 6.45) is 0. The molecule has 0 fully saturated rings. The van der Waals surface area contributed by atoms with Crippen LogP contribution in [0.4, 0.5) is 0 Å². The predicted molar refractivity (Wildman–Crippen MR) is 81.5 cm³/mol. The highest BCUT2D eigenvalue weighted by molar-refractivity contribution is 7.24. The van der Waals surface area contributed by atoms with Gasteiger partial charge in [0.05, 0.1) is 29.5 Å². The minimum atomic E-state index is 0.395. The highest BCUT2D eigenvalue weighted by Gasteiger charge is 2.08. The van der Waals surface area contributed by atoms with Gasteiger partial charge in [0.2, 0.25) is 0 Å². The lowest BCUT2D eigenvalue weighted by Crippen LogP contribution is -1.69. The Morgan fingerprint density at radius 1 is 0.632 bits per heavy atom. The van der Waals surface area contributed by atoms with E-state index in [0.29, 0.717) is 31.3 Å². The summed E-state index contributed by atoms with van der Waals surface area (Å²) in [5.41, 5.74) is 0.977. The van der Waals surface area contributed by atoms with E-state index < -0.39 is 0 Å². The van der Waals surface area contributed by atoms with Gasteiger partial charge in [-0.15, -0.1) is 11.3 Å². The summed E-state index contributed by atoms with van der Waals surface area (Å²) in [4.78, 5) is 0. The van der Waals surface area contributed by atoms with Gasteiger partial charge in [-0.3, -0.25) is 9.15 Å². The van der Waals surface area contributed by atoms with Crippen molar-refractivity contribution in [3.05, 3.63) is 44.4 Å². The van der Waals surface area contributed by atoms with E-state index in [0.717, 1.165) is 9.40 Å². The summed E-state index contributed by atoms with van der Waals surface area (Å²) in [5, 5.41) is 1.68. The molecule has 98 valence electrons. The van der Waals surface area contributed by atoms with Crippen molar-refractivity contribution in [3.63, 3.8) is 0 Å². The largest absolute Gasteiger partial charge is 0.288 e. The van der Waals surface area contributed by atoms with Crippen molar-refractivity contribution in [3.8, 4) is 0 Å². The molecule has 1 heterocycles. The first-order valence-corrected chi connectivity index (χ1v) is 7.38. The highest BCUT2D eigenvalue weighted by Crippen LogP contribution is 2.35. The average Bonchev–Trinajstić information content (AvgIpc) is 2.51. The molecule has 19 heavy (non-hydrogen) atoms. The zero-order valence-corrected chi connectivity index (χ0v) is 12.9. The fraction of sp³-hybridized carbons (Fsp3) is 0. The van der Waals surface area contributed by atoms with Crippen LogP contribution >= 0.6 is 57.7 Å². The molecule has 3 rings (SSSR count). The molecule has 0 amide bonds. The molecule has 0 N–H and O–H groups in total. The monoisotopic (exact) mass is 352 g/mol. The predicted octanol–water partition coefficient (Wildman–Crippen LogP) is 6.98. The third kappa shape index (κ3) is 2.54. The van der Waals surface area contributed by atoms with Gasteiger partial charge in [-0.1, -0.05) is 46.4 Å². The van der Waals surface area contributed by atoms with E-state index in [1.165, 1.54) is 11.3 Å². The second kappa shape index (κ2) is 5.08. The molecule has 0 saturated carbocycles. The van der Waals surface area contributed by atoms with Crippen LogP contribution in [0.15, 0.2) is 33.4 Å². The maximum Gasteiger partial charge on any atom is 0.197 e. The number of rotatable bonds is 0. The molecule has 0 aliphatic carbocycles. The van der Waals surface area contributed by atoms with Crippen molar-refractivity contribution in [2.75, 3.05) is 0 Å². The molecule has 0 unspecified atom stereocenters. The summed E-state index contributed by atoms with van der Waals surface area (Å²) in [6.45, 7) is 0. The molecular formula is C12H4Cl4O2S. The summed E-state index contributed by atoms with van der Waals surface area (Å²) in [6, 6.07) is 6.62. The summed E-state index contributed by atoms with van der Waals surface area (Å²) >= 11 is 25.3. The quantitative estimate of drug-likeness (QED) is 0.407. The van der Waals surface area contributed by atoms with Crippen LogP contribution < -0.4 is 0 Å². The van der Waals surface area contributed by atoms with E-state index in [1.54, 1.807) is 24.3 Å². The molecule has 0 radical (unpaired) electrons. The molecule has 0 spiro atoms. The number of benzene rings is 2. The standard InChI is InChI=1S/C12H4Cl4O2S/c13-5-1-9-11(3-7(5)15)19-12-4-8(16)6(14)2-10(12)18-17-9/h1-4H. The third-order valence-electron chi connectivity index (χ3n) is 2.41. The first kappa shape index (κ1) is 13.4. The molecular weight excluding hydrogens is 350 g/mol. The zero-order valence-electron chi connectivity index (χ0n) is 9.05. The molecule has 3 aromatic rings. The van der Waals surface area contributed by atoms with Crippen LogP contribution in [0.2, 0.25) is 20.1 Å². The minimum Gasteiger partial charge on any atom is -0.288 e. The van der Waals surface area contributed by atoms with Crippen LogP contribution in [0, 0.1) is 0 Å². The second-order valence-electron chi connectivity index (χ2n) is 3.69. The van der Waals surface area contributed by atoms with Crippen LogP contribution in [0.5, 0.6) is 0 Å². The van der Waals surface area contributed by atoms with Crippen LogP contribution in [0.1, 0.15) is 0 Å². The minimum absolute atomic E-state index is 0.395. The summed E-state index contributed by atoms with van der Waals surface area (Å²) < 4.78 is 12.0. The molecule has 2 aromatic carbocycles. The van der Waals surface area contributed by atoms with Crippen molar-refractivity contribution in [2.45, 2.75) is 0 Å². The number of halogens is 4. The van der Waals surface area contributed by atoms with Crippen molar-refractivity contribution in [2.24, 2.45) is 0 Å². The van der Waals surface area contributed by atoms with Gasteiger partial charge in [-0.25, -0.2) is 0 Å². The Bertz CT molecular complexity index is 762. The fourth-order valence-corrected chi connectivity index (χ4v) is 3.26. The van der Waals surface area contributed by atoms with Crippen LogP contribution in [0.3, 0.4) is 0 Å². The number of hydrogen-bond acceptors (Lipinski definition) is 3. The maximum atomic E-state index is 5.99. The van der Waals surface area contributed by atoms with Gasteiger partial charge in [0.1, 0.15) is 0 Å². The number of fused-ring (bicyclic) bond motifs is 2. The Hall–Kier alpha value is -0.580. The molecule has 2 nitrogen and oxygen atoms in total. The fourth-order valence-electron chi connectivity index (χ4n) is 1.52. The Labute approximate surface area is 131 Å². The average molecular weight is 354 g/mol. The first-order valence-electron chi connectivity index (χ1n) is 5.05. The maximum absolute atomic E-state index is 5.99. The van der Waals surface area contributed by atoms with E-state index >= 15 is 0 Å². The zero-order chi connectivity index (χ0) is 13.6. The molecule has 0 aliphatic rings. The van der Waals surface area contributed by atoms with Gasteiger partial charge in [-0.2, -0.15) is 0 Å². The van der Waals surface area contributed by atoms with Gasteiger partial charge in [-0.05, 0) is 12.1 Å². The number of hydrogen-bond donors (Lipinski definition) is 0. The lowest BCUT2D eigenvalue weighted by Gasteiger charge is -1.95. The molecule has 0 saturated heterocycles. The van der Waals surface area contributed by atoms with E-state index in [-0.39, 0.29) is 0 Å². The molecule has 1 aromatic heterocycles. The van der Waals surface area contributed by atoms with Crippen LogP contribution in [0.25, 0.3) is 20.6 Å². The van der Waals surface area contributed by atoms with Gasteiger partial charge in [0.25, 0.3) is 0 Å². The van der Waals surface area contributed by atoms with Gasteiger partial charge >= 0.3 is 0 Å². The van der Waals surface area contributed by atoms with Crippen molar-refractivity contribution >= 4 is 78.3 Å². The Morgan fingerprint density at radius 2 is 1.00 bits per heavy atom. The van der Waals surface area contributed by atoms with E-state index in [9.17, 15) is 0 Å². The normalized spacial score (nSPS) is 11.2. The Morgan fingerprint density at radius 3 is 1.42 bits per heavy atom. The lowest BCUT2D eigenvalue weighted by atomic mass is 10.3. The molecule has 0 aliphatic heterocycles. The SMILES string of the molecule is Clc1cc2ooc3cc(Cl)c(Cl)cc3sc2cc1Cl. The third-order valence-corrected chi connectivity index (χ3v) is 4.94. The first-order chi connectivity index (χ1) is 9.04. The topological polar surface area (TPSA) is 26.3 Å². The second-order valence-corrected chi connectivity index (χ2v) is 6.41. The van der Waals surface area contributed by atoms with Gasteiger partial charge < -0.3 is 0 Å². The molecule has 0 atom stereocenters. The van der Waals surface area contributed by atoms with Crippen LogP contribution in [-0.2, 0) is 0 Å². The summed E-state index contributed by atoms with van der Waals surface area (Å²) in [5.74, 6) is 0. The highest BCUT2D eigenvalue weighted by atomic mass is 35.5. The molecule has 0 bridgehead atoms. The van der Waals surface area contributed by atoms with Gasteiger partial charge in [0, 0.05) is 12.1 Å². The van der Waals surface area contributed by atoms with E-state index in [1.807, 2.05) is 0 Å². The smallest absolute Gasteiger partial charge is 0.197 e. The Kier molecular flexibility index (Phi) is 3.58. The van der Waals surface area contributed by atoms with Crippen molar-refractivity contribution < 1.29 is 9.15 Å². The van der Waals surface area contributed by atoms with E-state index in [4.69, 9.17) is 55.6 Å². The van der Waals surface area contributed by atoms with Crippen molar-refractivity contribution in [1.82, 2.24) is 0 Å². The van der Waals surface area contributed by atoms with E-state index in [2.05, 4.69) is 0 Å². The lowest BCUT2D eigenvalue weighted by molar-refractivity contribution is 0.0916. The van der Waals surface area contributed by atoms with Crippen molar-refractivity contribution in [1.29, 1.82) is 0 Å². The summed E-state index contributed by atoms with van der Waals surface area (Å²) in [7, 11) is 0. The van der Waals surface area contributed by atoms with Crippen LogP contribution in [-0.4, -0.2) is 0 Å².